The number of nitrogens with one attached hydrogen (secondary N) is 2. The minimum absolute atomic E-state index is 0.247. The number of aromatic nitrogens is 1. The smallest absolute Gasteiger partial charge is 0.272 e. The van der Waals surface area contributed by atoms with Crippen LogP contribution in [0, 0.1) is 18.7 Å². The Kier molecular flexibility index (Phi) is 4.47. The van der Waals surface area contributed by atoms with Crippen LogP contribution in [0.5, 0.6) is 0 Å². The van der Waals surface area contributed by atoms with E-state index in [4.69, 9.17) is 0 Å². The van der Waals surface area contributed by atoms with Gasteiger partial charge in [0.05, 0.1) is 5.52 Å². The van der Waals surface area contributed by atoms with E-state index < -0.39 is 0 Å². The average Bonchev–Trinajstić information content (AvgIpc) is 3.30. The molecular weight excluding hydrogens is 377 g/mol. The van der Waals surface area contributed by atoms with Crippen LogP contribution in [0.1, 0.15) is 47.3 Å². The molecule has 5 rings (SSSR count). The average molecular weight is 406 g/mol. The van der Waals surface area contributed by atoms with Gasteiger partial charge in [-0.25, -0.2) is 4.39 Å². The molecule has 2 aromatic carbocycles. The number of H-pyrrole nitrogens is 1. The van der Waals surface area contributed by atoms with E-state index in [1.165, 1.54) is 37.3 Å². The summed E-state index contributed by atoms with van der Waals surface area (Å²) < 4.78 is 14.1. The van der Waals surface area contributed by atoms with Crippen LogP contribution in [0.3, 0.4) is 0 Å². The molecule has 4 nitrogen and oxygen atoms in total. The highest BCUT2D eigenvalue weighted by Crippen LogP contribution is 2.62. The molecule has 0 bridgehead atoms. The fourth-order valence-electron chi connectivity index (χ4n) is 5.39. The van der Waals surface area contributed by atoms with Crippen LogP contribution in [0.4, 0.5) is 10.1 Å². The summed E-state index contributed by atoms with van der Waals surface area (Å²) in [6.07, 6.45) is 4.93. The van der Waals surface area contributed by atoms with Gasteiger partial charge in [0.25, 0.3) is 5.91 Å². The van der Waals surface area contributed by atoms with Gasteiger partial charge in [0.15, 0.2) is 0 Å². The number of carbonyl (C=O) groups is 1. The second kappa shape index (κ2) is 6.95. The summed E-state index contributed by atoms with van der Waals surface area (Å²) in [5, 5.41) is 3.45. The van der Waals surface area contributed by atoms with Crippen molar-refractivity contribution in [3.8, 4) is 0 Å². The minimum Gasteiger partial charge on any atom is -0.350 e. The lowest BCUT2D eigenvalue weighted by Gasteiger charge is -2.32. The molecule has 2 aliphatic carbocycles. The van der Waals surface area contributed by atoms with E-state index in [0.29, 0.717) is 22.6 Å². The largest absolute Gasteiger partial charge is 0.350 e. The number of benzene rings is 2. The SMILES string of the molecule is Cc1ccc(F)c2cc(C(=O)Nc3cccc(C45CCC(N(C)C)CC4C5)c3)[nH]c12. The second-order valence-electron chi connectivity index (χ2n) is 9.32. The first-order valence-corrected chi connectivity index (χ1v) is 10.7. The van der Waals surface area contributed by atoms with Crippen molar-refractivity contribution < 1.29 is 9.18 Å². The maximum Gasteiger partial charge on any atom is 0.272 e. The van der Waals surface area contributed by atoms with Gasteiger partial charge in [-0.1, -0.05) is 18.2 Å². The van der Waals surface area contributed by atoms with E-state index in [2.05, 4.69) is 41.4 Å². The third-order valence-electron chi connectivity index (χ3n) is 7.33. The molecule has 5 heteroatoms. The highest BCUT2D eigenvalue weighted by atomic mass is 19.1. The topological polar surface area (TPSA) is 48.1 Å². The Bertz CT molecular complexity index is 1100. The molecule has 1 heterocycles. The van der Waals surface area contributed by atoms with Crippen molar-refractivity contribution >= 4 is 22.5 Å². The summed E-state index contributed by atoms with van der Waals surface area (Å²) in [6.45, 7) is 1.90. The zero-order valence-corrected chi connectivity index (χ0v) is 17.8. The van der Waals surface area contributed by atoms with Gasteiger partial charge in [-0.15, -0.1) is 0 Å². The number of carbonyl (C=O) groups excluding carboxylic acids is 1. The monoisotopic (exact) mass is 405 g/mol. The van der Waals surface area contributed by atoms with E-state index in [1.54, 1.807) is 12.1 Å². The number of amides is 1. The fraction of sp³-hybridized carbons (Fsp3) is 0.400. The number of hydrogen-bond donors (Lipinski definition) is 2. The first-order chi connectivity index (χ1) is 14.4. The lowest BCUT2D eigenvalue weighted by atomic mass is 9.80. The van der Waals surface area contributed by atoms with Crippen molar-refractivity contribution in [2.24, 2.45) is 5.92 Å². The predicted molar refractivity (Wildman–Crippen MR) is 118 cm³/mol. The van der Waals surface area contributed by atoms with Crippen LogP contribution in [0.25, 0.3) is 10.9 Å². The predicted octanol–water partition coefficient (Wildman–Crippen LogP) is 5.24. The molecule has 30 heavy (non-hydrogen) atoms. The van der Waals surface area contributed by atoms with Gasteiger partial charge in [0.2, 0.25) is 0 Å². The Labute approximate surface area is 176 Å². The molecule has 0 radical (unpaired) electrons. The fourth-order valence-corrected chi connectivity index (χ4v) is 5.39. The Morgan fingerprint density at radius 2 is 2.07 bits per heavy atom. The molecule has 0 saturated heterocycles. The van der Waals surface area contributed by atoms with Gasteiger partial charge in [-0.05, 0) is 93.4 Å². The quantitative estimate of drug-likeness (QED) is 0.624. The number of rotatable bonds is 4. The van der Waals surface area contributed by atoms with Crippen LogP contribution in [0.15, 0.2) is 42.5 Å². The lowest BCUT2D eigenvalue weighted by molar-refractivity contribution is 0.102. The number of aromatic amines is 1. The summed E-state index contributed by atoms with van der Waals surface area (Å²) in [5.41, 5.74) is 4.38. The van der Waals surface area contributed by atoms with Crippen LogP contribution in [0.2, 0.25) is 0 Å². The standard InChI is InChI=1S/C25H28FN3O/c1-15-7-8-21(26)20-13-22(28-23(15)20)24(30)27-18-6-4-5-16(11-18)25-10-9-19(29(2)3)12-17(25)14-25/h4-8,11,13,17,19,28H,9-10,12,14H2,1-3H3,(H,27,30). The van der Waals surface area contributed by atoms with Gasteiger partial charge in [-0.3, -0.25) is 4.79 Å². The number of aryl methyl sites for hydroxylation is 1. The van der Waals surface area contributed by atoms with E-state index in [-0.39, 0.29) is 17.1 Å². The Balaban J connectivity index is 1.35. The molecule has 2 N–H and O–H groups in total. The number of fused-ring (bicyclic) bond motifs is 2. The third-order valence-corrected chi connectivity index (χ3v) is 7.33. The highest BCUT2D eigenvalue weighted by Gasteiger charge is 2.57. The molecule has 2 aliphatic rings. The van der Waals surface area contributed by atoms with Gasteiger partial charge in [0, 0.05) is 17.1 Å². The van der Waals surface area contributed by atoms with Crippen molar-refractivity contribution in [1.29, 1.82) is 0 Å². The third kappa shape index (κ3) is 3.12. The van der Waals surface area contributed by atoms with Crippen molar-refractivity contribution in [3.05, 3.63) is 65.1 Å². The number of hydrogen-bond acceptors (Lipinski definition) is 2. The van der Waals surface area contributed by atoms with E-state index in [9.17, 15) is 9.18 Å². The van der Waals surface area contributed by atoms with E-state index in [1.807, 2.05) is 19.1 Å². The van der Waals surface area contributed by atoms with Crippen molar-refractivity contribution in [2.75, 3.05) is 19.4 Å². The summed E-state index contributed by atoms with van der Waals surface area (Å²) >= 11 is 0. The molecule has 0 spiro atoms. The second-order valence-corrected chi connectivity index (χ2v) is 9.32. The maximum atomic E-state index is 14.1. The van der Waals surface area contributed by atoms with Gasteiger partial charge in [0.1, 0.15) is 11.5 Å². The zero-order valence-electron chi connectivity index (χ0n) is 17.8. The summed E-state index contributed by atoms with van der Waals surface area (Å²) in [7, 11) is 4.35. The van der Waals surface area contributed by atoms with Crippen LogP contribution in [-0.4, -0.2) is 35.9 Å². The molecule has 2 saturated carbocycles. The molecule has 156 valence electrons. The van der Waals surface area contributed by atoms with Crippen LogP contribution in [-0.2, 0) is 5.41 Å². The first-order valence-electron chi connectivity index (χ1n) is 10.7. The van der Waals surface area contributed by atoms with E-state index >= 15 is 0 Å². The van der Waals surface area contributed by atoms with Crippen molar-refractivity contribution in [1.82, 2.24) is 9.88 Å². The molecule has 3 aromatic rings. The highest BCUT2D eigenvalue weighted by molar-refractivity contribution is 6.06. The molecule has 3 unspecified atom stereocenters. The number of halogens is 1. The lowest BCUT2D eigenvalue weighted by Crippen LogP contribution is -2.34. The van der Waals surface area contributed by atoms with Crippen molar-refractivity contribution in [3.63, 3.8) is 0 Å². The van der Waals surface area contributed by atoms with Crippen molar-refractivity contribution in [2.45, 2.75) is 44.1 Å². The molecule has 2 fully saturated rings. The normalized spacial score (nSPS) is 25.4. The van der Waals surface area contributed by atoms with Crippen LogP contribution < -0.4 is 5.32 Å². The van der Waals surface area contributed by atoms with Crippen LogP contribution >= 0.6 is 0 Å². The first kappa shape index (κ1) is 19.3. The molecule has 0 aliphatic heterocycles. The van der Waals surface area contributed by atoms with Gasteiger partial charge >= 0.3 is 0 Å². The molecule has 1 amide bonds. The minimum atomic E-state index is -0.319. The number of nitrogens with zero attached hydrogens (tertiary/aromatic N) is 1. The molecular formula is C25H28FN3O. The van der Waals surface area contributed by atoms with Gasteiger partial charge < -0.3 is 15.2 Å². The summed E-state index contributed by atoms with van der Waals surface area (Å²) in [4.78, 5) is 18.3. The van der Waals surface area contributed by atoms with E-state index in [0.717, 1.165) is 17.2 Å². The molecule has 3 atom stereocenters. The summed E-state index contributed by atoms with van der Waals surface area (Å²) in [5.74, 6) is 0.174. The number of anilines is 1. The molecule has 1 aromatic heterocycles. The zero-order chi connectivity index (χ0) is 21.0. The Morgan fingerprint density at radius 1 is 1.23 bits per heavy atom. The summed E-state index contributed by atoms with van der Waals surface area (Å²) in [6, 6.07) is 13.7. The maximum absolute atomic E-state index is 14.1. The Morgan fingerprint density at radius 3 is 2.80 bits per heavy atom. The van der Waals surface area contributed by atoms with Gasteiger partial charge in [-0.2, -0.15) is 0 Å². The Hall–Kier alpha value is -2.66.